The van der Waals surface area contributed by atoms with E-state index in [1.807, 2.05) is 6.33 Å². The van der Waals surface area contributed by atoms with Crippen LogP contribution in [0.15, 0.2) is 25.2 Å². The molecule has 1 aliphatic rings. The highest BCUT2D eigenvalue weighted by Gasteiger charge is 2.27. The Bertz CT molecular complexity index is 384. The van der Waals surface area contributed by atoms with Gasteiger partial charge in [0.2, 0.25) is 0 Å². The summed E-state index contributed by atoms with van der Waals surface area (Å²) in [5, 5.41) is 12.2. The first-order valence-electron chi connectivity index (χ1n) is 5.12. The summed E-state index contributed by atoms with van der Waals surface area (Å²) in [6.45, 7) is 4.26. The molecule has 1 saturated carbocycles. The van der Waals surface area contributed by atoms with Gasteiger partial charge < -0.3 is 4.57 Å². The van der Waals surface area contributed by atoms with E-state index in [2.05, 4.69) is 27.5 Å². The van der Waals surface area contributed by atoms with Crippen molar-refractivity contribution >= 4 is 0 Å². The molecule has 1 heterocycles. The second kappa shape index (κ2) is 4.28. The number of nitrogens with one attached hydrogen (secondary N) is 1. The molecular weight excluding hydrogens is 188 g/mol. The van der Waals surface area contributed by atoms with Gasteiger partial charge in [0.1, 0.15) is 6.04 Å². The average Bonchev–Trinajstić information content (AvgIpc) is 2.99. The molecule has 0 spiro atoms. The van der Waals surface area contributed by atoms with Crippen LogP contribution in [0, 0.1) is 11.3 Å². The molecule has 78 valence electrons. The van der Waals surface area contributed by atoms with Crippen LogP contribution in [0.5, 0.6) is 0 Å². The van der Waals surface area contributed by atoms with Crippen LogP contribution in [-0.2, 0) is 0 Å². The molecule has 0 saturated heterocycles. The van der Waals surface area contributed by atoms with Gasteiger partial charge in [0.15, 0.2) is 0 Å². The molecule has 4 nitrogen and oxygen atoms in total. The maximum Gasteiger partial charge on any atom is 0.138 e. The molecule has 1 aromatic heterocycles. The molecule has 0 aromatic carbocycles. The molecule has 1 fully saturated rings. The van der Waals surface area contributed by atoms with Crippen molar-refractivity contribution in [2.24, 2.45) is 0 Å². The Morgan fingerprint density at radius 1 is 1.80 bits per heavy atom. The molecule has 0 bridgehead atoms. The predicted octanol–water partition coefficient (Wildman–Crippen LogP) is 1.56. The minimum Gasteiger partial charge on any atom is -0.329 e. The van der Waals surface area contributed by atoms with Crippen molar-refractivity contribution in [3.63, 3.8) is 0 Å². The molecular formula is C11H14N4. The summed E-state index contributed by atoms with van der Waals surface area (Å²) in [4.78, 5) is 4.11. The minimum atomic E-state index is -0.286. The molecule has 0 aliphatic heterocycles. The molecule has 0 amide bonds. The maximum absolute atomic E-state index is 9.06. The smallest absolute Gasteiger partial charge is 0.138 e. The summed E-state index contributed by atoms with van der Waals surface area (Å²) in [5.41, 5.74) is 0.960. The SMILES string of the molecule is C=CCNC(C#N)c1cncn1C1CC1. The van der Waals surface area contributed by atoms with Gasteiger partial charge in [-0.15, -0.1) is 6.58 Å². The van der Waals surface area contributed by atoms with E-state index in [4.69, 9.17) is 5.26 Å². The number of nitrogens with zero attached hydrogens (tertiary/aromatic N) is 3. The topological polar surface area (TPSA) is 53.6 Å². The van der Waals surface area contributed by atoms with E-state index < -0.39 is 0 Å². The highest BCUT2D eigenvalue weighted by Crippen LogP contribution is 2.36. The summed E-state index contributed by atoms with van der Waals surface area (Å²) in [6.07, 6.45) is 7.73. The molecule has 1 aliphatic carbocycles. The standard InChI is InChI=1S/C11H14N4/c1-2-5-14-10(6-12)11-7-13-8-15(11)9-3-4-9/h2,7-10,14H,1,3-5H2. The van der Waals surface area contributed by atoms with Crippen LogP contribution in [0.4, 0.5) is 0 Å². The van der Waals surface area contributed by atoms with Gasteiger partial charge in [-0.2, -0.15) is 5.26 Å². The fraction of sp³-hybridized carbons (Fsp3) is 0.455. The van der Waals surface area contributed by atoms with Crippen LogP contribution >= 0.6 is 0 Å². The van der Waals surface area contributed by atoms with Gasteiger partial charge in [0.25, 0.3) is 0 Å². The van der Waals surface area contributed by atoms with Gasteiger partial charge in [-0.1, -0.05) is 6.08 Å². The Morgan fingerprint density at radius 3 is 3.20 bits per heavy atom. The molecule has 1 unspecified atom stereocenters. The molecule has 15 heavy (non-hydrogen) atoms. The molecule has 1 N–H and O–H groups in total. The fourth-order valence-electron chi connectivity index (χ4n) is 1.61. The van der Waals surface area contributed by atoms with Crippen LogP contribution in [-0.4, -0.2) is 16.1 Å². The first-order chi connectivity index (χ1) is 7.36. The average molecular weight is 202 g/mol. The lowest BCUT2D eigenvalue weighted by atomic mass is 10.2. The van der Waals surface area contributed by atoms with Crippen molar-refractivity contribution in [3.05, 3.63) is 30.9 Å². The first kappa shape index (κ1) is 9.94. The Hall–Kier alpha value is -1.60. The van der Waals surface area contributed by atoms with Crippen LogP contribution in [0.1, 0.15) is 30.6 Å². The number of hydrogen-bond donors (Lipinski definition) is 1. The zero-order chi connectivity index (χ0) is 10.7. The van der Waals surface area contributed by atoms with E-state index in [0.29, 0.717) is 12.6 Å². The molecule has 0 radical (unpaired) electrons. The van der Waals surface area contributed by atoms with E-state index in [0.717, 1.165) is 5.69 Å². The van der Waals surface area contributed by atoms with Gasteiger partial charge in [0, 0.05) is 12.6 Å². The lowest BCUT2D eigenvalue weighted by Gasteiger charge is -2.12. The van der Waals surface area contributed by atoms with Crippen molar-refractivity contribution in [2.45, 2.75) is 24.9 Å². The Morgan fingerprint density at radius 2 is 2.60 bits per heavy atom. The van der Waals surface area contributed by atoms with Crippen molar-refractivity contribution in [1.82, 2.24) is 14.9 Å². The van der Waals surface area contributed by atoms with Crippen molar-refractivity contribution < 1.29 is 0 Å². The van der Waals surface area contributed by atoms with E-state index >= 15 is 0 Å². The second-order valence-electron chi connectivity index (χ2n) is 3.72. The maximum atomic E-state index is 9.06. The van der Waals surface area contributed by atoms with Crippen molar-refractivity contribution in [2.75, 3.05) is 6.54 Å². The lowest BCUT2D eigenvalue weighted by Crippen LogP contribution is -2.22. The number of nitriles is 1. The van der Waals surface area contributed by atoms with Gasteiger partial charge in [0.05, 0.1) is 24.3 Å². The summed E-state index contributed by atoms with van der Waals surface area (Å²) < 4.78 is 2.10. The van der Waals surface area contributed by atoms with Gasteiger partial charge in [-0.3, -0.25) is 5.32 Å². The van der Waals surface area contributed by atoms with Crippen LogP contribution < -0.4 is 5.32 Å². The van der Waals surface area contributed by atoms with Gasteiger partial charge in [-0.25, -0.2) is 4.98 Å². The third-order valence-electron chi connectivity index (χ3n) is 2.53. The normalized spacial score (nSPS) is 17.0. The van der Waals surface area contributed by atoms with Crippen LogP contribution in [0.25, 0.3) is 0 Å². The van der Waals surface area contributed by atoms with Crippen molar-refractivity contribution in [1.29, 1.82) is 5.26 Å². The second-order valence-corrected chi connectivity index (χ2v) is 3.72. The number of imidazole rings is 1. The lowest BCUT2D eigenvalue weighted by molar-refractivity contribution is 0.602. The predicted molar refractivity (Wildman–Crippen MR) is 57.1 cm³/mol. The first-order valence-corrected chi connectivity index (χ1v) is 5.12. The molecule has 1 atom stereocenters. The van der Waals surface area contributed by atoms with E-state index in [1.165, 1.54) is 12.8 Å². The fourth-order valence-corrected chi connectivity index (χ4v) is 1.61. The summed E-state index contributed by atoms with van der Waals surface area (Å²) >= 11 is 0. The summed E-state index contributed by atoms with van der Waals surface area (Å²) in [6, 6.07) is 2.52. The highest BCUT2D eigenvalue weighted by molar-refractivity contribution is 5.16. The Balaban J connectivity index is 2.14. The van der Waals surface area contributed by atoms with Gasteiger partial charge >= 0.3 is 0 Å². The molecule has 4 heteroatoms. The molecule has 2 rings (SSSR count). The summed E-state index contributed by atoms with van der Waals surface area (Å²) in [7, 11) is 0. The van der Waals surface area contributed by atoms with Crippen LogP contribution in [0.3, 0.4) is 0 Å². The van der Waals surface area contributed by atoms with E-state index in [1.54, 1.807) is 12.3 Å². The summed E-state index contributed by atoms with van der Waals surface area (Å²) in [5.74, 6) is 0. The largest absolute Gasteiger partial charge is 0.329 e. The molecule has 1 aromatic rings. The number of aromatic nitrogens is 2. The minimum absolute atomic E-state index is 0.286. The third-order valence-corrected chi connectivity index (χ3v) is 2.53. The Labute approximate surface area is 89.2 Å². The zero-order valence-electron chi connectivity index (χ0n) is 8.56. The third kappa shape index (κ3) is 2.08. The zero-order valence-corrected chi connectivity index (χ0v) is 8.56. The highest BCUT2D eigenvalue weighted by atomic mass is 15.1. The quantitative estimate of drug-likeness (QED) is 0.737. The van der Waals surface area contributed by atoms with E-state index in [9.17, 15) is 0 Å². The number of hydrogen-bond acceptors (Lipinski definition) is 3. The Kier molecular flexibility index (Phi) is 2.84. The van der Waals surface area contributed by atoms with Crippen molar-refractivity contribution in [3.8, 4) is 6.07 Å². The number of rotatable bonds is 5. The van der Waals surface area contributed by atoms with Crippen LogP contribution in [0.2, 0.25) is 0 Å². The van der Waals surface area contributed by atoms with E-state index in [-0.39, 0.29) is 6.04 Å². The monoisotopic (exact) mass is 202 g/mol. The van der Waals surface area contributed by atoms with Gasteiger partial charge in [-0.05, 0) is 12.8 Å².